The molecule has 0 atom stereocenters. The first kappa shape index (κ1) is 19.1. The van der Waals surface area contributed by atoms with Gasteiger partial charge in [0, 0.05) is 36.7 Å². The topological polar surface area (TPSA) is 67.1 Å². The molecule has 0 aliphatic heterocycles. The molecule has 7 heteroatoms. The second kappa shape index (κ2) is 9.87. The zero-order valence-electron chi connectivity index (χ0n) is 15.9. The van der Waals surface area contributed by atoms with E-state index in [1.165, 1.54) is 5.56 Å². The summed E-state index contributed by atoms with van der Waals surface area (Å²) in [6.45, 7) is 7.11. The Morgan fingerprint density at radius 2 is 2.04 bits per heavy atom. The van der Waals surface area contributed by atoms with Crippen molar-refractivity contribution in [3.63, 3.8) is 0 Å². The SMILES string of the molecule is CCNC(=NCc1cnn(Cc2ccccc2)c1)NCCc1csc(C)n1. The van der Waals surface area contributed by atoms with Gasteiger partial charge in [0.25, 0.3) is 0 Å². The molecular weight excluding hydrogens is 356 g/mol. The fraction of sp³-hybridized carbons (Fsp3) is 0.350. The molecule has 6 nitrogen and oxygen atoms in total. The maximum Gasteiger partial charge on any atom is 0.191 e. The van der Waals surface area contributed by atoms with Gasteiger partial charge < -0.3 is 10.6 Å². The van der Waals surface area contributed by atoms with Crippen LogP contribution in [0.1, 0.15) is 28.8 Å². The van der Waals surface area contributed by atoms with Gasteiger partial charge in [-0.25, -0.2) is 9.98 Å². The van der Waals surface area contributed by atoms with E-state index in [0.29, 0.717) is 6.54 Å². The summed E-state index contributed by atoms with van der Waals surface area (Å²) in [5.74, 6) is 0.820. The van der Waals surface area contributed by atoms with Crippen molar-refractivity contribution in [2.75, 3.05) is 13.1 Å². The monoisotopic (exact) mass is 382 g/mol. The van der Waals surface area contributed by atoms with Crippen LogP contribution in [0.3, 0.4) is 0 Å². The van der Waals surface area contributed by atoms with Crippen molar-refractivity contribution in [1.29, 1.82) is 0 Å². The fourth-order valence-corrected chi connectivity index (χ4v) is 3.34. The van der Waals surface area contributed by atoms with Crippen molar-refractivity contribution in [3.05, 3.63) is 69.9 Å². The molecular formula is C20H26N6S. The lowest BCUT2D eigenvalue weighted by molar-refractivity contribution is 0.686. The maximum atomic E-state index is 4.66. The summed E-state index contributed by atoms with van der Waals surface area (Å²) in [5, 5.41) is 14.3. The van der Waals surface area contributed by atoms with E-state index < -0.39 is 0 Å². The highest BCUT2D eigenvalue weighted by Gasteiger charge is 2.03. The number of hydrogen-bond donors (Lipinski definition) is 2. The van der Waals surface area contributed by atoms with Gasteiger partial charge in [-0.05, 0) is 19.4 Å². The van der Waals surface area contributed by atoms with Gasteiger partial charge in [0.05, 0.1) is 30.0 Å². The van der Waals surface area contributed by atoms with Crippen LogP contribution in [0, 0.1) is 6.92 Å². The molecule has 0 bridgehead atoms. The second-order valence-electron chi connectivity index (χ2n) is 6.26. The number of hydrogen-bond acceptors (Lipinski definition) is 4. The Balaban J connectivity index is 1.51. The minimum Gasteiger partial charge on any atom is -0.357 e. The lowest BCUT2D eigenvalue weighted by Gasteiger charge is -2.10. The predicted molar refractivity (Wildman–Crippen MR) is 111 cm³/mol. The number of nitrogens with one attached hydrogen (secondary N) is 2. The van der Waals surface area contributed by atoms with Crippen LogP contribution >= 0.6 is 11.3 Å². The summed E-state index contributed by atoms with van der Waals surface area (Å²) in [6.07, 6.45) is 4.83. The first-order valence-electron chi connectivity index (χ1n) is 9.21. The van der Waals surface area contributed by atoms with Crippen molar-refractivity contribution in [2.24, 2.45) is 4.99 Å². The Morgan fingerprint density at radius 3 is 2.78 bits per heavy atom. The molecule has 0 aliphatic carbocycles. The van der Waals surface area contributed by atoms with Gasteiger partial charge in [0.15, 0.2) is 5.96 Å². The number of benzene rings is 1. The molecule has 0 saturated heterocycles. The lowest BCUT2D eigenvalue weighted by Crippen LogP contribution is -2.38. The van der Waals surface area contributed by atoms with Crippen LogP contribution in [-0.4, -0.2) is 33.8 Å². The van der Waals surface area contributed by atoms with E-state index in [-0.39, 0.29) is 0 Å². The third kappa shape index (κ3) is 6.21. The summed E-state index contributed by atoms with van der Waals surface area (Å²) in [4.78, 5) is 9.16. The summed E-state index contributed by atoms with van der Waals surface area (Å²) in [7, 11) is 0. The fourth-order valence-electron chi connectivity index (χ4n) is 2.69. The third-order valence-electron chi connectivity index (χ3n) is 3.98. The number of guanidine groups is 1. The summed E-state index contributed by atoms with van der Waals surface area (Å²) in [5.41, 5.74) is 3.46. The van der Waals surface area contributed by atoms with Crippen LogP contribution in [0.25, 0.3) is 0 Å². The Kier molecular flexibility index (Phi) is 6.98. The Hall–Kier alpha value is -2.67. The minimum atomic E-state index is 0.597. The van der Waals surface area contributed by atoms with Crippen molar-refractivity contribution in [2.45, 2.75) is 33.4 Å². The van der Waals surface area contributed by atoms with E-state index in [4.69, 9.17) is 0 Å². The highest BCUT2D eigenvalue weighted by atomic mass is 32.1. The smallest absolute Gasteiger partial charge is 0.191 e. The number of aliphatic imine (C=N–C) groups is 1. The zero-order valence-corrected chi connectivity index (χ0v) is 16.7. The zero-order chi connectivity index (χ0) is 18.9. The molecule has 0 saturated carbocycles. The molecule has 0 spiro atoms. The molecule has 3 aromatic rings. The molecule has 1 aromatic carbocycles. The second-order valence-corrected chi connectivity index (χ2v) is 7.32. The maximum absolute atomic E-state index is 4.66. The van der Waals surface area contributed by atoms with Gasteiger partial charge in [0.2, 0.25) is 0 Å². The van der Waals surface area contributed by atoms with Crippen LogP contribution in [0.2, 0.25) is 0 Å². The van der Waals surface area contributed by atoms with Gasteiger partial charge >= 0.3 is 0 Å². The number of thiazole rings is 1. The van der Waals surface area contributed by atoms with E-state index in [1.54, 1.807) is 11.3 Å². The average molecular weight is 383 g/mol. The molecule has 142 valence electrons. The van der Waals surface area contributed by atoms with Crippen molar-refractivity contribution >= 4 is 17.3 Å². The molecule has 0 unspecified atom stereocenters. The average Bonchev–Trinajstić information content (AvgIpc) is 3.29. The highest BCUT2D eigenvalue weighted by Crippen LogP contribution is 2.08. The highest BCUT2D eigenvalue weighted by molar-refractivity contribution is 7.09. The van der Waals surface area contributed by atoms with Crippen molar-refractivity contribution in [1.82, 2.24) is 25.4 Å². The van der Waals surface area contributed by atoms with Gasteiger partial charge in [0.1, 0.15) is 0 Å². The molecule has 2 heterocycles. The standard InChI is InChI=1S/C20H26N6S/c1-3-21-20(22-10-9-19-15-27-16(2)25-19)23-11-18-12-24-26(14-18)13-17-7-5-4-6-8-17/h4-8,12,14-15H,3,9-11,13H2,1-2H3,(H2,21,22,23). The minimum absolute atomic E-state index is 0.597. The Bertz CT molecular complexity index is 852. The number of aryl methyl sites for hydroxylation is 1. The van der Waals surface area contributed by atoms with Crippen LogP contribution < -0.4 is 10.6 Å². The van der Waals surface area contributed by atoms with Gasteiger partial charge in [-0.1, -0.05) is 30.3 Å². The van der Waals surface area contributed by atoms with E-state index in [1.807, 2.05) is 36.0 Å². The lowest BCUT2D eigenvalue weighted by atomic mass is 10.2. The largest absolute Gasteiger partial charge is 0.357 e. The normalized spacial score (nSPS) is 11.6. The molecule has 0 radical (unpaired) electrons. The Morgan fingerprint density at radius 1 is 1.19 bits per heavy atom. The summed E-state index contributed by atoms with van der Waals surface area (Å²) >= 11 is 1.69. The first-order valence-corrected chi connectivity index (χ1v) is 10.1. The molecule has 2 aromatic heterocycles. The van der Waals surface area contributed by atoms with Crippen LogP contribution in [0.4, 0.5) is 0 Å². The van der Waals surface area contributed by atoms with Crippen LogP contribution in [-0.2, 0) is 19.5 Å². The number of nitrogens with zero attached hydrogens (tertiary/aromatic N) is 4. The molecule has 0 aliphatic rings. The Labute approximate surface area is 164 Å². The van der Waals surface area contributed by atoms with Crippen LogP contribution in [0.15, 0.2) is 53.1 Å². The van der Waals surface area contributed by atoms with Gasteiger partial charge in [-0.15, -0.1) is 11.3 Å². The summed E-state index contributed by atoms with van der Waals surface area (Å²) in [6, 6.07) is 10.3. The first-order chi connectivity index (χ1) is 13.2. The van der Waals surface area contributed by atoms with E-state index in [2.05, 4.69) is 56.3 Å². The van der Waals surface area contributed by atoms with Crippen molar-refractivity contribution in [3.8, 4) is 0 Å². The number of rotatable bonds is 8. The summed E-state index contributed by atoms with van der Waals surface area (Å²) < 4.78 is 1.95. The third-order valence-corrected chi connectivity index (χ3v) is 4.80. The molecule has 27 heavy (non-hydrogen) atoms. The van der Waals surface area contributed by atoms with Gasteiger partial charge in [-0.2, -0.15) is 5.10 Å². The van der Waals surface area contributed by atoms with E-state index in [9.17, 15) is 0 Å². The quantitative estimate of drug-likeness (QED) is 0.464. The van der Waals surface area contributed by atoms with Crippen molar-refractivity contribution < 1.29 is 0 Å². The molecule has 3 rings (SSSR count). The molecule has 0 amide bonds. The van der Waals surface area contributed by atoms with E-state index in [0.717, 1.165) is 48.3 Å². The van der Waals surface area contributed by atoms with Crippen LogP contribution in [0.5, 0.6) is 0 Å². The molecule has 0 fully saturated rings. The van der Waals surface area contributed by atoms with Gasteiger partial charge in [-0.3, -0.25) is 4.68 Å². The number of aromatic nitrogens is 3. The van der Waals surface area contributed by atoms with E-state index >= 15 is 0 Å². The molecule has 2 N–H and O–H groups in total. The predicted octanol–water partition coefficient (Wildman–Crippen LogP) is 2.99.